The maximum Gasteiger partial charge on any atom is 0.251 e. The first-order chi connectivity index (χ1) is 11.3. The molecule has 2 amide bonds. The molecule has 3 N–H and O–H groups in total. The van der Waals surface area contributed by atoms with E-state index in [2.05, 4.69) is 26.1 Å². The number of piperidine rings is 1. The van der Waals surface area contributed by atoms with Gasteiger partial charge in [0.05, 0.1) is 0 Å². The highest BCUT2D eigenvalue weighted by atomic mass is 35.5. The number of carbonyl (C=O) groups is 2. The summed E-state index contributed by atoms with van der Waals surface area (Å²) >= 11 is 0. The molecule has 0 spiro atoms. The first kappa shape index (κ1) is 21.5. The minimum Gasteiger partial charge on any atom is -0.352 e. The molecule has 0 aliphatic carbocycles. The third-order valence-corrected chi connectivity index (χ3v) is 4.45. The monoisotopic (exact) mass is 367 g/mol. The van der Waals surface area contributed by atoms with E-state index in [4.69, 9.17) is 5.73 Å². The van der Waals surface area contributed by atoms with Gasteiger partial charge in [-0.15, -0.1) is 12.4 Å². The van der Waals surface area contributed by atoms with Gasteiger partial charge in [-0.3, -0.25) is 9.59 Å². The molecule has 0 radical (unpaired) electrons. The molecule has 2 rings (SSSR count). The Balaban J connectivity index is 0.00000312. The smallest absolute Gasteiger partial charge is 0.251 e. The van der Waals surface area contributed by atoms with Crippen LogP contribution in [0.3, 0.4) is 0 Å². The third-order valence-electron chi connectivity index (χ3n) is 4.45. The molecule has 5 nitrogen and oxygen atoms in total. The van der Waals surface area contributed by atoms with E-state index < -0.39 is 0 Å². The Morgan fingerprint density at radius 3 is 2.44 bits per heavy atom. The maximum atomic E-state index is 12.2. The second-order valence-corrected chi connectivity index (χ2v) is 7.58. The number of nitrogens with zero attached hydrogens (tertiary/aromatic N) is 1. The molecule has 6 heteroatoms. The molecule has 1 atom stereocenters. The second kappa shape index (κ2) is 9.20. The molecule has 1 aromatic rings. The highest BCUT2D eigenvalue weighted by molar-refractivity contribution is 5.94. The molecular weight excluding hydrogens is 338 g/mol. The number of halogens is 1. The lowest BCUT2D eigenvalue weighted by molar-refractivity contribution is -0.132. The van der Waals surface area contributed by atoms with Crippen molar-refractivity contribution in [1.82, 2.24) is 10.2 Å². The second-order valence-electron chi connectivity index (χ2n) is 7.58. The van der Waals surface area contributed by atoms with Crippen molar-refractivity contribution in [2.75, 3.05) is 19.6 Å². The third kappa shape index (κ3) is 6.33. The van der Waals surface area contributed by atoms with E-state index in [1.54, 1.807) is 4.90 Å². The number of likely N-dealkylation sites (tertiary alicyclic amines) is 1. The van der Waals surface area contributed by atoms with Crippen LogP contribution in [0.4, 0.5) is 0 Å². The summed E-state index contributed by atoms with van der Waals surface area (Å²) in [6.07, 6.45) is 2.25. The van der Waals surface area contributed by atoms with E-state index in [9.17, 15) is 9.59 Å². The summed E-state index contributed by atoms with van der Waals surface area (Å²) in [6, 6.07) is 7.71. The van der Waals surface area contributed by atoms with Crippen LogP contribution < -0.4 is 11.1 Å². The maximum absolute atomic E-state index is 12.2. The Morgan fingerprint density at radius 1 is 1.24 bits per heavy atom. The first-order valence-corrected chi connectivity index (χ1v) is 8.69. The predicted molar refractivity (Wildman–Crippen MR) is 103 cm³/mol. The fraction of sp³-hybridized carbons (Fsp3) is 0.579. The van der Waals surface area contributed by atoms with Gasteiger partial charge in [0.15, 0.2) is 0 Å². The summed E-state index contributed by atoms with van der Waals surface area (Å²) in [5.74, 6) is -0.0767. The Hall–Kier alpha value is -1.59. The fourth-order valence-corrected chi connectivity index (χ4v) is 2.90. The number of hydrogen-bond donors (Lipinski definition) is 2. The zero-order chi connectivity index (χ0) is 17.7. The number of nitrogens with one attached hydrogen (secondary N) is 1. The minimum absolute atomic E-state index is 0. The quantitative estimate of drug-likeness (QED) is 0.858. The van der Waals surface area contributed by atoms with E-state index in [0.717, 1.165) is 19.4 Å². The van der Waals surface area contributed by atoms with Crippen LogP contribution >= 0.6 is 12.4 Å². The normalized spacial score (nSPS) is 17.6. The van der Waals surface area contributed by atoms with Gasteiger partial charge >= 0.3 is 0 Å². The van der Waals surface area contributed by atoms with Crippen LogP contribution in [0.1, 0.15) is 56.0 Å². The number of nitrogens with two attached hydrogens (primary N) is 1. The van der Waals surface area contributed by atoms with Crippen LogP contribution in [0.5, 0.6) is 0 Å². The molecule has 0 aromatic heterocycles. The summed E-state index contributed by atoms with van der Waals surface area (Å²) in [6.45, 7) is 8.17. The van der Waals surface area contributed by atoms with Gasteiger partial charge in [-0.25, -0.2) is 0 Å². The number of carbonyl (C=O) groups excluding carboxylic acids is 2. The Morgan fingerprint density at radius 2 is 1.88 bits per heavy atom. The largest absolute Gasteiger partial charge is 0.352 e. The van der Waals surface area contributed by atoms with Crippen molar-refractivity contribution >= 4 is 24.2 Å². The Bertz CT molecular complexity index is 581. The summed E-state index contributed by atoms with van der Waals surface area (Å²) in [7, 11) is 0. The molecule has 1 aliphatic rings. The highest BCUT2D eigenvalue weighted by Gasteiger charge is 2.21. The van der Waals surface area contributed by atoms with Gasteiger partial charge in [-0.05, 0) is 36.0 Å². The van der Waals surface area contributed by atoms with Crippen molar-refractivity contribution in [2.45, 2.75) is 51.5 Å². The average molecular weight is 368 g/mol. The molecule has 1 unspecified atom stereocenters. The lowest BCUT2D eigenvalue weighted by atomic mass is 9.87. The molecule has 140 valence electrons. The van der Waals surface area contributed by atoms with Gasteiger partial charge in [0.1, 0.15) is 0 Å². The van der Waals surface area contributed by atoms with E-state index in [1.165, 1.54) is 5.56 Å². The lowest BCUT2D eigenvalue weighted by Gasteiger charge is -2.30. The molecule has 1 fully saturated rings. The van der Waals surface area contributed by atoms with Gasteiger partial charge in [0.25, 0.3) is 5.91 Å². The van der Waals surface area contributed by atoms with Crippen molar-refractivity contribution < 1.29 is 9.59 Å². The Kier molecular flexibility index (Phi) is 7.90. The predicted octanol–water partition coefficient (Wildman–Crippen LogP) is 2.48. The topological polar surface area (TPSA) is 75.4 Å². The summed E-state index contributed by atoms with van der Waals surface area (Å²) in [5, 5.41) is 2.82. The molecule has 1 aromatic carbocycles. The zero-order valence-electron chi connectivity index (χ0n) is 15.4. The SMILES string of the molecule is CC(C)(C)c1ccc(C(=O)NCCC(=O)N2CCCC(N)C2)cc1.Cl. The van der Waals surface area contributed by atoms with Crippen molar-refractivity contribution in [1.29, 1.82) is 0 Å². The van der Waals surface area contributed by atoms with Gasteiger partial charge in [0.2, 0.25) is 5.91 Å². The van der Waals surface area contributed by atoms with E-state index in [1.807, 2.05) is 24.3 Å². The van der Waals surface area contributed by atoms with Gasteiger partial charge in [-0.2, -0.15) is 0 Å². The van der Waals surface area contributed by atoms with Gasteiger partial charge in [-0.1, -0.05) is 32.9 Å². The number of amides is 2. The summed E-state index contributed by atoms with van der Waals surface area (Å²) in [5.41, 5.74) is 7.77. The summed E-state index contributed by atoms with van der Waals surface area (Å²) in [4.78, 5) is 26.1. The molecular formula is C19H30ClN3O2. The average Bonchev–Trinajstić information content (AvgIpc) is 2.54. The van der Waals surface area contributed by atoms with E-state index in [-0.39, 0.29) is 35.7 Å². The highest BCUT2D eigenvalue weighted by Crippen LogP contribution is 2.22. The van der Waals surface area contributed by atoms with Crippen LogP contribution in [0.25, 0.3) is 0 Å². The van der Waals surface area contributed by atoms with E-state index >= 15 is 0 Å². The minimum atomic E-state index is -0.140. The molecule has 1 aliphatic heterocycles. The van der Waals surface area contributed by atoms with Crippen LogP contribution in [-0.2, 0) is 10.2 Å². The zero-order valence-corrected chi connectivity index (χ0v) is 16.2. The molecule has 25 heavy (non-hydrogen) atoms. The number of benzene rings is 1. The van der Waals surface area contributed by atoms with Crippen LogP contribution in [-0.4, -0.2) is 42.4 Å². The van der Waals surface area contributed by atoms with Crippen molar-refractivity contribution in [3.8, 4) is 0 Å². The van der Waals surface area contributed by atoms with Crippen molar-refractivity contribution in [3.63, 3.8) is 0 Å². The molecule has 0 bridgehead atoms. The van der Waals surface area contributed by atoms with Gasteiger partial charge in [0, 0.05) is 37.7 Å². The molecule has 1 saturated heterocycles. The summed E-state index contributed by atoms with van der Waals surface area (Å²) < 4.78 is 0. The molecule has 1 heterocycles. The van der Waals surface area contributed by atoms with Gasteiger partial charge < -0.3 is 16.0 Å². The van der Waals surface area contributed by atoms with Crippen LogP contribution in [0.2, 0.25) is 0 Å². The Labute approximate surface area is 156 Å². The van der Waals surface area contributed by atoms with Crippen LogP contribution in [0, 0.1) is 0 Å². The lowest BCUT2D eigenvalue weighted by Crippen LogP contribution is -2.46. The van der Waals surface area contributed by atoms with Crippen LogP contribution in [0.15, 0.2) is 24.3 Å². The number of rotatable bonds is 4. The van der Waals surface area contributed by atoms with E-state index in [0.29, 0.717) is 25.1 Å². The number of hydrogen-bond acceptors (Lipinski definition) is 3. The fourth-order valence-electron chi connectivity index (χ4n) is 2.90. The van der Waals surface area contributed by atoms with Crippen molar-refractivity contribution in [3.05, 3.63) is 35.4 Å². The molecule has 0 saturated carbocycles. The first-order valence-electron chi connectivity index (χ1n) is 8.69. The van der Waals surface area contributed by atoms with Crippen molar-refractivity contribution in [2.24, 2.45) is 5.73 Å². The standard InChI is InChI=1S/C19H29N3O2.ClH/c1-19(2,3)15-8-6-14(7-9-15)18(24)21-11-10-17(23)22-12-4-5-16(20)13-22;/h6-9,16H,4-5,10-13,20H2,1-3H3,(H,21,24);1H.